The predicted octanol–water partition coefficient (Wildman–Crippen LogP) is 0.979. The molecule has 384 valence electrons. The number of nitrogens with two attached hydrogens (primary N) is 1. The van der Waals surface area contributed by atoms with Gasteiger partial charge in [0, 0.05) is 30.7 Å². The first-order chi connectivity index (χ1) is 31.5. The number of rotatable bonds is 34. The Kier molecular flexibility index (Phi) is 24.9. The standard InChI is InChI=1S/C38H68N7O18P3S/c1-4-5-6-7-8-9-10-11-12-13-14-15-16-17-26(46)37(51)67-21-20-40-28(47)18-19-41-35(50)32(49)38(2,3)23-60-66(57,58)63-65(55,56)59-22-27-31(62-64(52,53)54)30(48)36(61-27)45-25-44-29-33(39)42-24-43-34(29)45/h24-27,30-32,36,46,48-49H,4-23H2,1-3H3,(H,40,47)(H,41,50)(H,55,56)(H,57,58)(H2,39,42,43)(H2,52,53,54)/p-4/t26?,27-,30-,31-,32+,36-/m1/s1. The number of carbonyl (C=O) groups is 3. The number of aliphatic hydroxyl groups is 3. The number of phosphoric ester groups is 3. The van der Waals surface area contributed by atoms with Crippen LogP contribution < -0.4 is 35.9 Å². The highest BCUT2D eigenvalue weighted by Crippen LogP contribution is 2.56. The van der Waals surface area contributed by atoms with Gasteiger partial charge in [-0.3, -0.25) is 28.1 Å². The van der Waals surface area contributed by atoms with Gasteiger partial charge in [0.15, 0.2) is 17.7 Å². The van der Waals surface area contributed by atoms with Crippen LogP contribution in [0.2, 0.25) is 0 Å². The molecule has 2 amide bonds. The minimum Gasteiger partial charge on any atom is -0.790 e. The highest BCUT2D eigenvalue weighted by atomic mass is 32.2. The average molecular weight is 1030 g/mol. The van der Waals surface area contributed by atoms with Gasteiger partial charge < -0.3 is 74.1 Å². The van der Waals surface area contributed by atoms with Crippen LogP contribution in [0, 0.1) is 5.41 Å². The number of nitrogens with zero attached hydrogens (tertiary/aromatic N) is 4. The zero-order valence-electron chi connectivity index (χ0n) is 37.8. The van der Waals surface area contributed by atoms with E-state index in [9.17, 15) is 63.0 Å². The van der Waals surface area contributed by atoms with E-state index in [1.54, 1.807) is 0 Å². The van der Waals surface area contributed by atoms with Gasteiger partial charge in [-0.1, -0.05) is 116 Å². The topological polar surface area (TPSA) is 395 Å². The summed E-state index contributed by atoms with van der Waals surface area (Å²) in [5.74, 6) is -1.39. The fourth-order valence-corrected chi connectivity index (χ4v) is 10.3. The van der Waals surface area contributed by atoms with Crippen molar-refractivity contribution in [2.45, 2.75) is 154 Å². The number of anilines is 1. The molecule has 1 fully saturated rings. The number of unbranched alkanes of at least 4 members (excludes halogenated alkanes) is 12. The Labute approximate surface area is 393 Å². The Morgan fingerprint density at radius 3 is 2.10 bits per heavy atom. The summed E-state index contributed by atoms with van der Waals surface area (Å²) >= 11 is 0.902. The molecule has 29 heteroatoms. The third-order valence-corrected chi connectivity index (χ3v) is 14.6. The van der Waals surface area contributed by atoms with Gasteiger partial charge in [0.25, 0.3) is 15.6 Å². The molecule has 1 aliphatic rings. The number of nitrogens with one attached hydrogen (secondary N) is 2. The van der Waals surface area contributed by atoms with E-state index in [0.717, 1.165) is 54.7 Å². The molecule has 1 aliphatic heterocycles. The molecule has 0 aliphatic carbocycles. The quantitative estimate of drug-likeness (QED) is 0.0420. The summed E-state index contributed by atoms with van der Waals surface area (Å²) in [6.07, 6.45) is 7.08. The molecule has 0 aromatic carbocycles. The first-order valence-electron chi connectivity index (χ1n) is 22.1. The third kappa shape index (κ3) is 21.2. The fraction of sp³-hybridized carbons (Fsp3) is 0.789. The second-order valence-electron chi connectivity index (χ2n) is 16.7. The van der Waals surface area contributed by atoms with Crippen molar-refractivity contribution in [1.82, 2.24) is 30.2 Å². The lowest BCUT2D eigenvalue weighted by molar-refractivity contribution is -0.347. The zero-order valence-corrected chi connectivity index (χ0v) is 41.3. The van der Waals surface area contributed by atoms with Gasteiger partial charge in [0.1, 0.15) is 42.4 Å². The van der Waals surface area contributed by atoms with E-state index in [4.69, 9.17) is 10.5 Å². The number of nitrogen functional groups attached to an aromatic ring is 1. The van der Waals surface area contributed by atoms with E-state index in [0.29, 0.717) is 6.42 Å². The van der Waals surface area contributed by atoms with E-state index in [1.165, 1.54) is 71.6 Å². The lowest BCUT2D eigenvalue weighted by atomic mass is 9.87. The van der Waals surface area contributed by atoms with Crippen LogP contribution in [0.25, 0.3) is 11.2 Å². The summed E-state index contributed by atoms with van der Waals surface area (Å²) in [7, 11) is -17.6. The van der Waals surface area contributed by atoms with Gasteiger partial charge in [-0.25, -0.2) is 19.3 Å². The molecule has 0 saturated carbocycles. The number of carbonyl (C=O) groups excluding carboxylic acids is 3. The maximum Gasteiger partial charge on any atom is 0.274 e. The summed E-state index contributed by atoms with van der Waals surface area (Å²) in [6.45, 7) is 2.18. The highest BCUT2D eigenvalue weighted by molar-refractivity contribution is 8.13. The monoisotopic (exact) mass is 1030 g/mol. The van der Waals surface area contributed by atoms with E-state index in [-0.39, 0.29) is 47.4 Å². The van der Waals surface area contributed by atoms with E-state index in [2.05, 4.69) is 50.4 Å². The Balaban J connectivity index is 1.32. The number of aliphatic hydroxyl groups excluding tert-OH is 3. The van der Waals surface area contributed by atoms with Gasteiger partial charge in [-0.15, -0.1) is 0 Å². The third-order valence-electron chi connectivity index (χ3n) is 10.6. The van der Waals surface area contributed by atoms with Crippen LogP contribution in [0.5, 0.6) is 0 Å². The second-order valence-corrected chi connectivity index (χ2v) is 21.9. The molecule has 3 unspecified atom stereocenters. The van der Waals surface area contributed by atoms with Crippen molar-refractivity contribution in [3.63, 3.8) is 0 Å². The maximum atomic E-state index is 12.6. The van der Waals surface area contributed by atoms with Crippen LogP contribution in [0.15, 0.2) is 12.7 Å². The Hall–Kier alpha value is -2.48. The molecular weight excluding hydrogens is 967 g/mol. The SMILES string of the molecule is CCCCCCCCCCCCCCCC(O)C(=O)SCCNC(=O)CCNC(=O)[C@H](O)C(C)(C)COP(=O)([O-])OP(=O)([O-])OC[C@H]1O[C@@H](n2cnc3c(N)ncnc32)[C@H](O)[C@@H]1OP(=O)([O-])[O-]. The lowest BCUT2D eigenvalue weighted by Crippen LogP contribution is -2.46. The highest BCUT2D eigenvalue weighted by Gasteiger charge is 2.47. The second kappa shape index (κ2) is 28.4. The average Bonchev–Trinajstić information content (AvgIpc) is 3.81. The first-order valence-corrected chi connectivity index (χ1v) is 27.5. The Morgan fingerprint density at radius 1 is 0.896 bits per heavy atom. The minimum absolute atomic E-state index is 0.0241. The molecule has 3 heterocycles. The number of hydrogen-bond donors (Lipinski definition) is 6. The largest absolute Gasteiger partial charge is 0.790 e. The molecule has 0 radical (unpaired) electrons. The Morgan fingerprint density at radius 2 is 1.49 bits per heavy atom. The number of imidazole rings is 1. The summed E-state index contributed by atoms with van der Waals surface area (Å²) in [6, 6.07) is 0. The Bertz CT molecular complexity index is 2010. The molecule has 3 rings (SSSR count). The van der Waals surface area contributed by atoms with E-state index >= 15 is 0 Å². The molecular formula is C38H64N7O18P3S-4. The van der Waals surface area contributed by atoms with E-state index < -0.39 is 90.7 Å². The normalized spacial score (nSPS) is 20.6. The maximum absolute atomic E-state index is 12.6. The molecule has 67 heavy (non-hydrogen) atoms. The number of amides is 2. The molecule has 25 nitrogen and oxygen atoms in total. The summed E-state index contributed by atoms with van der Waals surface area (Å²) in [4.78, 5) is 96.9. The first kappa shape index (κ1) is 58.8. The molecule has 2 aromatic rings. The van der Waals surface area contributed by atoms with Crippen LogP contribution in [-0.2, 0) is 50.7 Å². The summed E-state index contributed by atoms with van der Waals surface area (Å²) in [5, 5.41) is 36.2. The number of ether oxygens (including phenoxy) is 1. The van der Waals surface area contributed by atoms with Crippen molar-refractivity contribution >= 4 is 69.1 Å². The predicted molar refractivity (Wildman–Crippen MR) is 235 cm³/mol. The zero-order chi connectivity index (χ0) is 49.8. The van der Waals surface area contributed by atoms with Gasteiger partial charge in [-0.05, 0) is 6.42 Å². The minimum atomic E-state index is -5.93. The van der Waals surface area contributed by atoms with Crippen LogP contribution >= 0.6 is 35.2 Å². The molecule has 0 bridgehead atoms. The van der Waals surface area contributed by atoms with Crippen molar-refractivity contribution in [3.05, 3.63) is 12.7 Å². The molecule has 8 atom stereocenters. The van der Waals surface area contributed by atoms with Gasteiger partial charge in [0.05, 0.1) is 27.4 Å². The molecule has 7 N–H and O–H groups in total. The van der Waals surface area contributed by atoms with Gasteiger partial charge >= 0.3 is 0 Å². The smallest absolute Gasteiger partial charge is 0.274 e. The van der Waals surface area contributed by atoms with Crippen LogP contribution in [0.1, 0.15) is 123 Å². The van der Waals surface area contributed by atoms with Crippen molar-refractivity contribution in [2.75, 3.05) is 37.8 Å². The van der Waals surface area contributed by atoms with Gasteiger partial charge in [-0.2, -0.15) is 0 Å². The summed E-state index contributed by atoms with van der Waals surface area (Å²) in [5.41, 5.74) is 4.06. The van der Waals surface area contributed by atoms with Crippen molar-refractivity contribution in [1.29, 1.82) is 0 Å². The van der Waals surface area contributed by atoms with Gasteiger partial charge in [0.2, 0.25) is 16.9 Å². The molecule has 0 spiro atoms. The summed E-state index contributed by atoms with van der Waals surface area (Å²) < 4.78 is 60.8. The van der Waals surface area contributed by atoms with Crippen molar-refractivity contribution in [3.8, 4) is 0 Å². The lowest BCUT2D eigenvalue weighted by Gasteiger charge is -2.36. The van der Waals surface area contributed by atoms with Crippen LogP contribution in [-0.4, -0.2) is 114 Å². The van der Waals surface area contributed by atoms with E-state index in [1.807, 2.05) is 0 Å². The number of phosphoric acid groups is 3. The number of thioether (sulfide) groups is 1. The van der Waals surface area contributed by atoms with Crippen molar-refractivity contribution in [2.24, 2.45) is 5.41 Å². The molecule has 2 aromatic heterocycles. The fourth-order valence-electron chi connectivity index (χ4n) is 6.83. The number of hydrogen-bond acceptors (Lipinski definition) is 23. The van der Waals surface area contributed by atoms with Crippen LogP contribution in [0.4, 0.5) is 5.82 Å². The number of fused-ring (bicyclic) bond motifs is 1. The van der Waals surface area contributed by atoms with Crippen molar-refractivity contribution < 1.29 is 85.6 Å². The molecule has 1 saturated heterocycles. The van der Waals surface area contributed by atoms with Crippen LogP contribution in [0.3, 0.4) is 0 Å². The number of aromatic nitrogens is 4.